The molecular formula is C15H22FNO3. The van der Waals surface area contributed by atoms with Gasteiger partial charge in [0.15, 0.2) is 0 Å². The van der Waals surface area contributed by atoms with Crippen molar-refractivity contribution in [3.63, 3.8) is 0 Å². The van der Waals surface area contributed by atoms with Crippen LogP contribution < -0.4 is 10.1 Å². The second-order valence-corrected chi connectivity index (χ2v) is 5.44. The molecule has 0 amide bonds. The number of aliphatic carboxylic acids is 1. The lowest BCUT2D eigenvalue weighted by atomic mass is 9.97. The highest BCUT2D eigenvalue weighted by molar-refractivity contribution is 5.78. The lowest BCUT2D eigenvalue weighted by Crippen LogP contribution is -2.53. The minimum absolute atomic E-state index is 0.0589. The van der Waals surface area contributed by atoms with Crippen molar-refractivity contribution >= 4 is 5.97 Å². The summed E-state index contributed by atoms with van der Waals surface area (Å²) in [5.74, 6) is -0.652. The minimum atomic E-state index is -1.04. The van der Waals surface area contributed by atoms with Crippen LogP contribution in [0.15, 0.2) is 18.2 Å². The molecule has 4 nitrogen and oxygen atoms in total. The van der Waals surface area contributed by atoms with Gasteiger partial charge in [0.05, 0.1) is 6.61 Å². The van der Waals surface area contributed by atoms with Crippen LogP contribution in [-0.2, 0) is 4.79 Å². The molecule has 0 bridgehead atoms. The first-order chi connectivity index (χ1) is 9.24. The Labute approximate surface area is 119 Å². The zero-order valence-electron chi connectivity index (χ0n) is 12.4. The number of nitrogens with one attached hydrogen (secondary N) is 1. The molecule has 1 unspecified atom stereocenters. The zero-order chi connectivity index (χ0) is 15.3. The van der Waals surface area contributed by atoms with Gasteiger partial charge in [0.25, 0.3) is 0 Å². The number of carbonyl (C=O) groups is 1. The van der Waals surface area contributed by atoms with E-state index in [0.717, 1.165) is 0 Å². The van der Waals surface area contributed by atoms with Crippen LogP contribution in [0, 0.1) is 12.7 Å². The van der Waals surface area contributed by atoms with Gasteiger partial charge in [0.1, 0.15) is 17.1 Å². The average Bonchev–Trinajstić information content (AvgIpc) is 2.30. The van der Waals surface area contributed by atoms with Crippen LogP contribution in [0.1, 0.15) is 32.8 Å². The predicted octanol–water partition coefficient (Wildman–Crippen LogP) is 2.74. The fraction of sp³-hybridized carbons (Fsp3) is 0.533. The summed E-state index contributed by atoms with van der Waals surface area (Å²) in [6, 6.07) is 4.32. The van der Waals surface area contributed by atoms with Gasteiger partial charge in [0, 0.05) is 12.5 Å². The highest BCUT2D eigenvalue weighted by Crippen LogP contribution is 2.20. The number of ether oxygens (including phenoxy) is 1. The molecule has 0 aromatic heterocycles. The standard InChI is InChI=1S/C15H22FNO3/c1-10(2)17-15(4,14(18)19)7-8-20-13-6-5-12(16)9-11(13)3/h5-6,9-10,17H,7-8H2,1-4H3,(H,18,19). The SMILES string of the molecule is Cc1cc(F)ccc1OCCC(C)(NC(C)C)C(=O)O. The van der Waals surface area contributed by atoms with Crippen LogP contribution in [-0.4, -0.2) is 29.3 Å². The summed E-state index contributed by atoms with van der Waals surface area (Å²) in [5.41, 5.74) is -0.346. The molecule has 0 aliphatic heterocycles. The predicted molar refractivity (Wildman–Crippen MR) is 75.6 cm³/mol. The van der Waals surface area contributed by atoms with Crippen molar-refractivity contribution in [1.29, 1.82) is 0 Å². The smallest absolute Gasteiger partial charge is 0.323 e. The normalized spacial score (nSPS) is 14.1. The zero-order valence-corrected chi connectivity index (χ0v) is 12.4. The Morgan fingerprint density at radius 1 is 1.50 bits per heavy atom. The van der Waals surface area contributed by atoms with E-state index in [2.05, 4.69) is 5.32 Å². The highest BCUT2D eigenvalue weighted by Gasteiger charge is 2.33. The molecule has 5 heteroatoms. The van der Waals surface area contributed by atoms with E-state index in [1.165, 1.54) is 12.1 Å². The maximum atomic E-state index is 13.0. The first kappa shape index (κ1) is 16.4. The minimum Gasteiger partial charge on any atom is -0.493 e. The van der Waals surface area contributed by atoms with Gasteiger partial charge in [-0.05, 0) is 51.5 Å². The Balaban J connectivity index is 2.63. The fourth-order valence-electron chi connectivity index (χ4n) is 2.02. The molecule has 1 rings (SSSR count). The molecule has 1 aromatic rings. The summed E-state index contributed by atoms with van der Waals surface area (Å²) in [5, 5.41) is 12.3. The summed E-state index contributed by atoms with van der Waals surface area (Å²) in [7, 11) is 0. The second-order valence-electron chi connectivity index (χ2n) is 5.44. The topological polar surface area (TPSA) is 58.6 Å². The monoisotopic (exact) mass is 283 g/mol. The summed E-state index contributed by atoms with van der Waals surface area (Å²) < 4.78 is 18.5. The third-order valence-corrected chi connectivity index (χ3v) is 3.08. The van der Waals surface area contributed by atoms with E-state index in [0.29, 0.717) is 17.7 Å². The van der Waals surface area contributed by atoms with Gasteiger partial charge in [-0.1, -0.05) is 0 Å². The van der Waals surface area contributed by atoms with Crippen molar-refractivity contribution in [2.75, 3.05) is 6.61 Å². The Kier molecular flexibility index (Phi) is 5.51. The maximum absolute atomic E-state index is 13.0. The number of hydrogen-bond acceptors (Lipinski definition) is 3. The third-order valence-electron chi connectivity index (χ3n) is 3.08. The molecule has 112 valence electrons. The summed E-state index contributed by atoms with van der Waals surface area (Å²) in [6.07, 6.45) is 0.317. The molecule has 0 spiro atoms. The Morgan fingerprint density at radius 3 is 2.65 bits per heavy atom. The Hall–Kier alpha value is -1.62. The van der Waals surface area contributed by atoms with Gasteiger partial charge < -0.3 is 9.84 Å². The molecule has 0 aliphatic rings. The average molecular weight is 283 g/mol. The highest BCUT2D eigenvalue weighted by atomic mass is 19.1. The van der Waals surface area contributed by atoms with Gasteiger partial charge >= 0.3 is 5.97 Å². The summed E-state index contributed by atoms with van der Waals surface area (Å²) in [4.78, 5) is 11.3. The Bertz CT molecular complexity index is 476. The molecule has 0 heterocycles. The van der Waals surface area contributed by atoms with E-state index in [1.807, 2.05) is 13.8 Å². The van der Waals surface area contributed by atoms with E-state index in [9.17, 15) is 14.3 Å². The van der Waals surface area contributed by atoms with E-state index in [1.54, 1.807) is 19.9 Å². The number of carboxylic acid groups (broad SMARTS) is 1. The van der Waals surface area contributed by atoms with Gasteiger partial charge in [-0.25, -0.2) is 4.39 Å². The lowest BCUT2D eigenvalue weighted by Gasteiger charge is -2.28. The van der Waals surface area contributed by atoms with Gasteiger partial charge in [-0.2, -0.15) is 0 Å². The van der Waals surface area contributed by atoms with Crippen molar-refractivity contribution in [3.8, 4) is 5.75 Å². The van der Waals surface area contributed by atoms with Crippen molar-refractivity contribution < 1.29 is 19.0 Å². The van der Waals surface area contributed by atoms with E-state index >= 15 is 0 Å². The largest absolute Gasteiger partial charge is 0.493 e. The summed E-state index contributed by atoms with van der Waals surface area (Å²) in [6.45, 7) is 7.42. The molecule has 0 aliphatic carbocycles. The first-order valence-electron chi connectivity index (χ1n) is 6.64. The molecular weight excluding hydrogens is 261 g/mol. The molecule has 0 radical (unpaired) electrons. The molecule has 20 heavy (non-hydrogen) atoms. The van der Waals surface area contributed by atoms with E-state index in [4.69, 9.17) is 4.74 Å². The van der Waals surface area contributed by atoms with Crippen LogP contribution in [0.2, 0.25) is 0 Å². The van der Waals surface area contributed by atoms with Crippen LogP contribution in [0.25, 0.3) is 0 Å². The molecule has 0 fully saturated rings. The molecule has 0 saturated carbocycles. The summed E-state index contributed by atoms with van der Waals surface area (Å²) >= 11 is 0. The van der Waals surface area contributed by atoms with Gasteiger partial charge in [-0.15, -0.1) is 0 Å². The number of hydrogen-bond donors (Lipinski definition) is 2. The quantitative estimate of drug-likeness (QED) is 0.808. The van der Waals surface area contributed by atoms with Crippen molar-refractivity contribution in [2.45, 2.75) is 45.7 Å². The van der Waals surface area contributed by atoms with Crippen LogP contribution >= 0.6 is 0 Å². The number of rotatable bonds is 7. The van der Waals surface area contributed by atoms with Crippen LogP contribution in [0.5, 0.6) is 5.75 Å². The first-order valence-corrected chi connectivity index (χ1v) is 6.64. The van der Waals surface area contributed by atoms with Gasteiger partial charge in [0.2, 0.25) is 0 Å². The molecule has 1 aromatic carbocycles. The van der Waals surface area contributed by atoms with Crippen molar-refractivity contribution in [2.24, 2.45) is 0 Å². The maximum Gasteiger partial charge on any atom is 0.323 e. The fourth-order valence-corrected chi connectivity index (χ4v) is 2.02. The molecule has 0 saturated heterocycles. The van der Waals surface area contributed by atoms with Crippen LogP contribution in [0.4, 0.5) is 4.39 Å². The second kappa shape index (κ2) is 6.70. The lowest BCUT2D eigenvalue weighted by molar-refractivity contribution is -0.145. The molecule has 2 N–H and O–H groups in total. The van der Waals surface area contributed by atoms with Crippen LogP contribution in [0.3, 0.4) is 0 Å². The van der Waals surface area contributed by atoms with E-state index in [-0.39, 0.29) is 18.5 Å². The Morgan fingerprint density at radius 2 is 2.15 bits per heavy atom. The number of benzene rings is 1. The van der Waals surface area contributed by atoms with Gasteiger partial charge in [-0.3, -0.25) is 10.1 Å². The van der Waals surface area contributed by atoms with Crippen molar-refractivity contribution in [3.05, 3.63) is 29.6 Å². The van der Waals surface area contributed by atoms with E-state index < -0.39 is 11.5 Å². The third kappa shape index (κ3) is 4.49. The molecule has 1 atom stereocenters. The number of halogens is 1. The number of aryl methyl sites for hydroxylation is 1. The van der Waals surface area contributed by atoms with Crippen molar-refractivity contribution in [1.82, 2.24) is 5.32 Å². The number of carboxylic acids is 1.